The van der Waals surface area contributed by atoms with Crippen molar-refractivity contribution in [3.05, 3.63) is 29.3 Å². The van der Waals surface area contributed by atoms with E-state index in [4.69, 9.17) is 11.6 Å². The first-order chi connectivity index (χ1) is 13.5. The van der Waals surface area contributed by atoms with Crippen molar-refractivity contribution in [2.75, 3.05) is 26.7 Å². The van der Waals surface area contributed by atoms with Crippen molar-refractivity contribution >= 4 is 33.4 Å². The number of carbonyl (C=O) groups is 2. The second-order valence-corrected chi connectivity index (χ2v) is 10.4. The fraction of sp³-hybridized carbons (Fsp3) is 0.600. The number of halogens is 1. The molecule has 1 unspecified atom stereocenters. The Morgan fingerprint density at radius 1 is 1.17 bits per heavy atom. The van der Waals surface area contributed by atoms with E-state index in [1.165, 1.54) is 31.3 Å². The van der Waals surface area contributed by atoms with Gasteiger partial charge in [-0.15, -0.1) is 0 Å². The van der Waals surface area contributed by atoms with Crippen LogP contribution in [0.4, 0.5) is 0 Å². The molecule has 0 radical (unpaired) electrons. The first-order valence-electron chi connectivity index (χ1n) is 9.82. The van der Waals surface area contributed by atoms with Crippen molar-refractivity contribution in [3.63, 3.8) is 0 Å². The van der Waals surface area contributed by atoms with Crippen molar-refractivity contribution < 1.29 is 18.0 Å². The number of carbonyl (C=O) groups excluding carboxylic acids is 2. The molecular weight excluding hydrogens is 414 g/mol. The van der Waals surface area contributed by atoms with Gasteiger partial charge in [0.1, 0.15) is 0 Å². The predicted octanol–water partition coefficient (Wildman–Crippen LogP) is 2.36. The van der Waals surface area contributed by atoms with E-state index in [1.807, 2.05) is 6.92 Å². The Bertz CT molecular complexity index is 819. The molecule has 0 saturated carbocycles. The molecule has 9 heteroatoms. The summed E-state index contributed by atoms with van der Waals surface area (Å²) in [4.78, 5) is 26.7. The first kappa shape index (κ1) is 23.6. The highest BCUT2D eigenvalue weighted by Crippen LogP contribution is 2.20. The van der Waals surface area contributed by atoms with Crippen LogP contribution in [0.15, 0.2) is 29.2 Å². The first-order valence-corrected chi connectivity index (χ1v) is 11.6. The van der Waals surface area contributed by atoms with Crippen LogP contribution in [-0.2, 0) is 19.6 Å². The number of amides is 2. The Balaban J connectivity index is 1.89. The van der Waals surface area contributed by atoms with Gasteiger partial charge in [-0.3, -0.25) is 9.59 Å². The van der Waals surface area contributed by atoms with Gasteiger partial charge in [-0.1, -0.05) is 25.4 Å². The lowest BCUT2D eigenvalue weighted by Gasteiger charge is -2.33. The highest BCUT2D eigenvalue weighted by Gasteiger charge is 2.30. The summed E-state index contributed by atoms with van der Waals surface area (Å²) in [6, 6.07) is 5.94. The summed E-state index contributed by atoms with van der Waals surface area (Å²) in [7, 11) is -2.39. The maximum absolute atomic E-state index is 12.6. The number of likely N-dealkylation sites (tertiary alicyclic amines) is 1. The predicted molar refractivity (Wildman–Crippen MR) is 113 cm³/mol. The molecule has 29 heavy (non-hydrogen) atoms. The van der Waals surface area contributed by atoms with Crippen LogP contribution in [0.1, 0.15) is 33.6 Å². The number of likely N-dealkylation sites (N-methyl/N-ethyl adjacent to an activating group) is 1. The zero-order chi connectivity index (χ0) is 21.8. The summed E-state index contributed by atoms with van der Waals surface area (Å²) in [5.41, 5.74) is 0. The molecule has 1 fully saturated rings. The lowest BCUT2D eigenvalue weighted by atomic mass is 9.94. The summed E-state index contributed by atoms with van der Waals surface area (Å²) in [5, 5.41) is 3.47. The minimum atomic E-state index is -3.77. The summed E-state index contributed by atoms with van der Waals surface area (Å²) in [5.74, 6) is 0.00898. The molecule has 1 aromatic rings. The van der Waals surface area contributed by atoms with Gasteiger partial charge in [-0.05, 0) is 49.9 Å². The quantitative estimate of drug-likeness (QED) is 0.700. The molecule has 7 nitrogen and oxygen atoms in total. The fourth-order valence-electron chi connectivity index (χ4n) is 3.06. The lowest BCUT2D eigenvalue weighted by Crippen LogP contribution is -2.48. The molecule has 0 aliphatic carbocycles. The molecule has 162 valence electrons. The van der Waals surface area contributed by atoms with Gasteiger partial charge in [0.25, 0.3) is 0 Å². The van der Waals surface area contributed by atoms with Gasteiger partial charge in [0.2, 0.25) is 21.8 Å². The Labute approximate surface area is 178 Å². The zero-order valence-electron chi connectivity index (χ0n) is 17.4. The summed E-state index contributed by atoms with van der Waals surface area (Å²) in [6.45, 7) is 6.75. The van der Waals surface area contributed by atoms with Crippen molar-refractivity contribution in [2.24, 2.45) is 11.8 Å². The third kappa shape index (κ3) is 6.17. The van der Waals surface area contributed by atoms with E-state index >= 15 is 0 Å². The standard InChI is InChI=1S/C20H30ClN3O4S/c1-14(2)15(3)22-20(26)16-9-11-24(12-10-16)19(25)13-23(4)29(27,28)18-7-5-17(21)6-8-18/h5-8,14-16H,9-13H2,1-4H3,(H,22,26). The second-order valence-electron chi connectivity index (χ2n) is 7.91. The maximum atomic E-state index is 12.6. The maximum Gasteiger partial charge on any atom is 0.243 e. The van der Waals surface area contributed by atoms with Crippen LogP contribution in [0.25, 0.3) is 0 Å². The van der Waals surface area contributed by atoms with Crippen LogP contribution in [0, 0.1) is 11.8 Å². The number of piperidine rings is 1. The number of rotatable bonds is 7. The minimum absolute atomic E-state index is 0.0285. The van der Waals surface area contributed by atoms with E-state index in [0.717, 1.165) is 4.31 Å². The molecule has 1 aliphatic heterocycles. The van der Waals surface area contributed by atoms with Gasteiger partial charge in [-0.25, -0.2) is 8.42 Å². The largest absolute Gasteiger partial charge is 0.353 e. The van der Waals surface area contributed by atoms with Crippen molar-refractivity contribution in [2.45, 2.75) is 44.6 Å². The van der Waals surface area contributed by atoms with Crippen molar-refractivity contribution in [1.29, 1.82) is 0 Å². The Kier molecular flexibility index (Phi) is 8.08. The van der Waals surface area contributed by atoms with Gasteiger partial charge >= 0.3 is 0 Å². The SMILES string of the molecule is CC(C)C(C)NC(=O)C1CCN(C(=O)CN(C)S(=O)(=O)c2ccc(Cl)cc2)CC1. The minimum Gasteiger partial charge on any atom is -0.353 e. The molecule has 1 aromatic carbocycles. The van der Waals surface area contributed by atoms with Crippen LogP contribution in [0.3, 0.4) is 0 Å². The number of nitrogens with zero attached hydrogens (tertiary/aromatic N) is 2. The number of hydrogen-bond acceptors (Lipinski definition) is 4. The fourth-order valence-corrected chi connectivity index (χ4v) is 4.31. The molecule has 0 spiro atoms. The van der Waals surface area contributed by atoms with E-state index in [9.17, 15) is 18.0 Å². The van der Waals surface area contributed by atoms with Gasteiger partial charge in [0, 0.05) is 37.1 Å². The molecular formula is C20H30ClN3O4S. The van der Waals surface area contributed by atoms with E-state index in [0.29, 0.717) is 36.9 Å². The smallest absolute Gasteiger partial charge is 0.243 e. The molecule has 2 rings (SSSR count). The molecule has 2 amide bonds. The van der Waals surface area contributed by atoms with Gasteiger partial charge in [0.05, 0.1) is 11.4 Å². The van der Waals surface area contributed by atoms with E-state index < -0.39 is 10.0 Å². The Morgan fingerprint density at radius 2 is 1.72 bits per heavy atom. The van der Waals surface area contributed by atoms with Gasteiger partial charge in [-0.2, -0.15) is 4.31 Å². The van der Waals surface area contributed by atoms with E-state index in [-0.39, 0.29) is 35.2 Å². The summed E-state index contributed by atoms with van der Waals surface area (Å²) >= 11 is 5.81. The van der Waals surface area contributed by atoms with Gasteiger partial charge < -0.3 is 10.2 Å². The number of benzene rings is 1. The molecule has 1 atom stereocenters. The van der Waals surface area contributed by atoms with Crippen LogP contribution >= 0.6 is 11.6 Å². The second kappa shape index (κ2) is 9.91. The average Bonchev–Trinajstić information content (AvgIpc) is 2.68. The monoisotopic (exact) mass is 443 g/mol. The molecule has 1 saturated heterocycles. The van der Waals surface area contributed by atoms with Crippen molar-refractivity contribution in [3.8, 4) is 0 Å². The number of hydrogen-bond donors (Lipinski definition) is 1. The average molecular weight is 444 g/mol. The third-order valence-corrected chi connectivity index (χ3v) is 7.54. The molecule has 1 aliphatic rings. The number of nitrogens with one attached hydrogen (secondary N) is 1. The van der Waals surface area contributed by atoms with Gasteiger partial charge in [0.15, 0.2) is 0 Å². The van der Waals surface area contributed by atoms with Crippen LogP contribution in [0.2, 0.25) is 5.02 Å². The van der Waals surface area contributed by atoms with Crippen LogP contribution in [0.5, 0.6) is 0 Å². The van der Waals surface area contributed by atoms with Crippen molar-refractivity contribution in [1.82, 2.24) is 14.5 Å². The normalized spacial score (nSPS) is 16.9. The van der Waals surface area contributed by atoms with E-state index in [1.54, 1.807) is 4.90 Å². The van der Waals surface area contributed by atoms with Crippen LogP contribution in [-0.4, -0.2) is 62.2 Å². The number of sulfonamides is 1. The molecule has 1 heterocycles. The lowest BCUT2D eigenvalue weighted by molar-refractivity contribution is -0.135. The topological polar surface area (TPSA) is 86.8 Å². The molecule has 1 N–H and O–H groups in total. The Hall–Kier alpha value is -1.64. The van der Waals surface area contributed by atoms with Crippen LogP contribution < -0.4 is 5.32 Å². The molecule has 0 aromatic heterocycles. The highest BCUT2D eigenvalue weighted by molar-refractivity contribution is 7.89. The molecule has 0 bridgehead atoms. The van der Waals surface area contributed by atoms with E-state index in [2.05, 4.69) is 19.2 Å². The highest BCUT2D eigenvalue weighted by atomic mass is 35.5. The zero-order valence-corrected chi connectivity index (χ0v) is 19.0. The summed E-state index contributed by atoms with van der Waals surface area (Å²) in [6.07, 6.45) is 1.16. The summed E-state index contributed by atoms with van der Waals surface area (Å²) < 4.78 is 26.3. The third-order valence-electron chi connectivity index (χ3n) is 5.47. The Morgan fingerprint density at radius 3 is 2.24 bits per heavy atom.